The van der Waals surface area contributed by atoms with Crippen molar-refractivity contribution >= 4 is 22.8 Å². The molecular weight excluding hydrogens is 334 g/mol. The van der Waals surface area contributed by atoms with Crippen LogP contribution in [-0.2, 0) is 4.79 Å². The average Bonchev–Trinajstić information content (AvgIpc) is 2.93. The number of carbonyl (C=O) groups excluding carboxylic acids is 2. The molecule has 1 aliphatic rings. The van der Waals surface area contributed by atoms with Crippen molar-refractivity contribution in [2.24, 2.45) is 0 Å². The number of aryl methyl sites for hydroxylation is 2. The van der Waals surface area contributed by atoms with E-state index in [1.165, 1.54) is 4.90 Å². The van der Waals surface area contributed by atoms with Crippen molar-refractivity contribution in [1.82, 2.24) is 25.0 Å². The monoisotopic (exact) mass is 359 g/mol. The number of piperidine rings is 1. The van der Waals surface area contributed by atoms with Crippen LogP contribution >= 0.6 is 0 Å². The molecular formula is C18H25N5O3. The first-order valence-corrected chi connectivity index (χ1v) is 8.74. The van der Waals surface area contributed by atoms with Crippen LogP contribution in [0.15, 0.2) is 6.07 Å². The fourth-order valence-corrected chi connectivity index (χ4v) is 3.51. The van der Waals surface area contributed by atoms with Crippen LogP contribution in [0.25, 0.3) is 11.0 Å². The summed E-state index contributed by atoms with van der Waals surface area (Å²) in [5, 5.41) is 18.6. The van der Waals surface area contributed by atoms with Crippen molar-refractivity contribution in [3.8, 4) is 0 Å². The molecule has 0 bridgehead atoms. The molecule has 2 aromatic heterocycles. The van der Waals surface area contributed by atoms with Gasteiger partial charge in [-0.2, -0.15) is 5.10 Å². The third-order valence-electron chi connectivity index (χ3n) is 4.88. The van der Waals surface area contributed by atoms with Gasteiger partial charge in [0.1, 0.15) is 0 Å². The number of hydrogen-bond acceptors (Lipinski definition) is 5. The van der Waals surface area contributed by atoms with Gasteiger partial charge in [-0.05, 0) is 32.8 Å². The van der Waals surface area contributed by atoms with Gasteiger partial charge in [0, 0.05) is 32.0 Å². The van der Waals surface area contributed by atoms with Gasteiger partial charge in [0.05, 0.1) is 29.5 Å². The third-order valence-corrected chi connectivity index (χ3v) is 4.88. The molecule has 8 heteroatoms. The number of amides is 2. The Morgan fingerprint density at radius 1 is 1.38 bits per heavy atom. The standard InChI is InChI=1S/C18H25N5O3/c1-11-8-13(15-12(2)20-21-16(15)19-11)17(25)23-7-5-6-18(26,10-23)9-14(24)22(3)4/h8,26H,5-7,9-10H2,1-4H3,(H,19,20,21). The van der Waals surface area contributed by atoms with Crippen LogP contribution in [0.3, 0.4) is 0 Å². The number of H-pyrrole nitrogens is 1. The van der Waals surface area contributed by atoms with E-state index < -0.39 is 5.60 Å². The highest BCUT2D eigenvalue weighted by atomic mass is 16.3. The topological polar surface area (TPSA) is 102 Å². The van der Waals surface area contributed by atoms with Crippen LogP contribution in [0.4, 0.5) is 0 Å². The van der Waals surface area contributed by atoms with Crippen molar-refractivity contribution in [3.63, 3.8) is 0 Å². The Hall–Kier alpha value is -2.48. The zero-order chi connectivity index (χ0) is 19.1. The predicted molar refractivity (Wildman–Crippen MR) is 96.8 cm³/mol. The van der Waals surface area contributed by atoms with Gasteiger partial charge in [0.15, 0.2) is 5.65 Å². The molecule has 3 heterocycles. The molecule has 0 saturated carbocycles. The van der Waals surface area contributed by atoms with E-state index in [-0.39, 0.29) is 24.8 Å². The molecule has 3 rings (SSSR count). The molecule has 2 N–H and O–H groups in total. The number of likely N-dealkylation sites (tertiary alicyclic amines) is 1. The molecule has 1 fully saturated rings. The van der Waals surface area contributed by atoms with Gasteiger partial charge in [0.2, 0.25) is 5.91 Å². The van der Waals surface area contributed by atoms with Gasteiger partial charge < -0.3 is 14.9 Å². The minimum absolute atomic E-state index is 0.0132. The maximum absolute atomic E-state index is 13.2. The molecule has 8 nitrogen and oxygen atoms in total. The molecule has 0 spiro atoms. The number of hydrogen-bond donors (Lipinski definition) is 2. The number of nitrogens with one attached hydrogen (secondary N) is 1. The van der Waals surface area contributed by atoms with Crippen molar-refractivity contribution in [2.45, 2.75) is 38.7 Å². The van der Waals surface area contributed by atoms with E-state index in [1.807, 2.05) is 13.8 Å². The predicted octanol–water partition coefficient (Wildman–Crippen LogP) is 1.02. The zero-order valence-electron chi connectivity index (χ0n) is 15.7. The summed E-state index contributed by atoms with van der Waals surface area (Å²) in [6.45, 7) is 4.37. The number of nitrogens with zero attached hydrogens (tertiary/aromatic N) is 4. The van der Waals surface area contributed by atoms with Crippen molar-refractivity contribution in [1.29, 1.82) is 0 Å². The Bertz CT molecular complexity index is 860. The average molecular weight is 359 g/mol. The fourth-order valence-electron chi connectivity index (χ4n) is 3.51. The normalized spacial score (nSPS) is 20.4. The number of aromatic nitrogens is 3. The molecule has 0 aliphatic carbocycles. The van der Waals surface area contributed by atoms with Gasteiger partial charge in [-0.3, -0.25) is 14.7 Å². The van der Waals surface area contributed by atoms with E-state index in [1.54, 1.807) is 25.1 Å². The second kappa shape index (κ2) is 6.68. The number of aromatic amines is 1. The first-order chi connectivity index (χ1) is 12.2. The van der Waals surface area contributed by atoms with Gasteiger partial charge >= 0.3 is 0 Å². The number of carbonyl (C=O) groups is 2. The Morgan fingerprint density at radius 2 is 2.12 bits per heavy atom. The van der Waals surface area contributed by atoms with Gasteiger partial charge in [0.25, 0.3) is 5.91 Å². The Labute approximate surface area is 152 Å². The van der Waals surface area contributed by atoms with Crippen molar-refractivity contribution < 1.29 is 14.7 Å². The molecule has 1 aliphatic heterocycles. The molecule has 2 amide bonds. The Morgan fingerprint density at radius 3 is 2.81 bits per heavy atom. The Kier molecular flexibility index (Phi) is 4.70. The van der Waals surface area contributed by atoms with Crippen LogP contribution in [0.5, 0.6) is 0 Å². The van der Waals surface area contributed by atoms with E-state index in [9.17, 15) is 14.7 Å². The summed E-state index contributed by atoms with van der Waals surface area (Å²) >= 11 is 0. The van der Waals surface area contributed by atoms with Crippen LogP contribution < -0.4 is 0 Å². The lowest BCUT2D eigenvalue weighted by molar-refractivity contribution is -0.136. The lowest BCUT2D eigenvalue weighted by atomic mass is 9.88. The second-order valence-corrected chi connectivity index (χ2v) is 7.38. The highest BCUT2D eigenvalue weighted by Gasteiger charge is 2.38. The molecule has 1 unspecified atom stereocenters. The summed E-state index contributed by atoms with van der Waals surface area (Å²) < 4.78 is 0. The van der Waals surface area contributed by atoms with E-state index in [0.29, 0.717) is 41.7 Å². The molecule has 0 aromatic carbocycles. The minimum atomic E-state index is -1.19. The highest BCUT2D eigenvalue weighted by Crippen LogP contribution is 2.28. The summed E-state index contributed by atoms with van der Waals surface area (Å²) in [6, 6.07) is 1.76. The second-order valence-electron chi connectivity index (χ2n) is 7.38. The SMILES string of the molecule is Cc1cc(C(=O)N2CCCC(O)(CC(=O)N(C)C)C2)c2c(C)[nH]nc2n1. The van der Waals surface area contributed by atoms with E-state index >= 15 is 0 Å². The zero-order valence-corrected chi connectivity index (χ0v) is 15.7. The number of aliphatic hydroxyl groups is 1. The molecule has 1 saturated heterocycles. The first kappa shape index (κ1) is 18.3. The molecule has 26 heavy (non-hydrogen) atoms. The lowest BCUT2D eigenvalue weighted by Gasteiger charge is -2.39. The summed E-state index contributed by atoms with van der Waals surface area (Å²) in [7, 11) is 3.32. The van der Waals surface area contributed by atoms with Gasteiger partial charge in [-0.15, -0.1) is 0 Å². The maximum atomic E-state index is 13.2. The maximum Gasteiger partial charge on any atom is 0.254 e. The number of fused-ring (bicyclic) bond motifs is 1. The number of β-amino-alcohol motifs (C(OH)–C–C–N with tert-alkyl or cyclic N) is 1. The largest absolute Gasteiger partial charge is 0.388 e. The lowest BCUT2D eigenvalue weighted by Crippen LogP contribution is -2.52. The quantitative estimate of drug-likeness (QED) is 0.852. The number of pyridine rings is 1. The first-order valence-electron chi connectivity index (χ1n) is 8.74. The van der Waals surface area contributed by atoms with E-state index in [4.69, 9.17) is 0 Å². The van der Waals surface area contributed by atoms with Crippen LogP contribution in [0, 0.1) is 13.8 Å². The third kappa shape index (κ3) is 3.41. The van der Waals surface area contributed by atoms with Crippen LogP contribution in [0.1, 0.15) is 41.0 Å². The summed E-state index contributed by atoms with van der Waals surface area (Å²) in [4.78, 5) is 32.7. The molecule has 2 aromatic rings. The molecule has 140 valence electrons. The van der Waals surface area contributed by atoms with Crippen LogP contribution in [-0.4, -0.2) is 74.7 Å². The molecule has 0 radical (unpaired) electrons. The fraction of sp³-hybridized carbons (Fsp3) is 0.556. The van der Waals surface area contributed by atoms with Gasteiger partial charge in [-0.25, -0.2) is 4.98 Å². The van der Waals surface area contributed by atoms with E-state index in [2.05, 4.69) is 15.2 Å². The minimum Gasteiger partial charge on any atom is -0.388 e. The van der Waals surface area contributed by atoms with Crippen LogP contribution in [0.2, 0.25) is 0 Å². The van der Waals surface area contributed by atoms with Crippen molar-refractivity contribution in [3.05, 3.63) is 23.0 Å². The summed E-state index contributed by atoms with van der Waals surface area (Å²) in [5.41, 5.74) is 1.35. The van der Waals surface area contributed by atoms with Crippen molar-refractivity contribution in [2.75, 3.05) is 27.2 Å². The molecule has 1 atom stereocenters. The highest BCUT2D eigenvalue weighted by molar-refractivity contribution is 6.06. The smallest absolute Gasteiger partial charge is 0.254 e. The van der Waals surface area contributed by atoms with E-state index in [0.717, 1.165) is 5.69 Å². The Balaban J connectivity index is 1.88. The van der Waals surface area contributed by atoms with Gasteiger partial charge in [-0.1, -0.05) is 0 Å². The number of rotatable bonds is 3. The summed E-state index contributed by atoms with van der Waals surface area (Å²) in [6.07, 6.45) is 1.17. The summed E-state index contributed by atoms with van der Waals surface area (Å²) in [5.74, 6) is -0.310.